The first kappa shape index (κ1) is 19.5. The van der Waals surface area contributed by atoms with E-state index in [0.717, 1.165) is 9.69 Å². The van der Waals surface area contributed by atoms with E-state index >= 15 is 0 Å². The summed E-state index contributed by atoms with van der Waals surface area (Å²) >= 11 is 5.89. The standard InChI is InChI=1S/C21H14ClN3O5S/c22-14-7-8-18-23-15(9-19(26)24(18)10-14)12-30-20(27)11-25-16-5-1-3-13-4-2-6-17(21(13)16)31(25,28)29/h1-10H,11-12H2. The molecule has 0 bridgehead atoms. The van der Waals surface area contributed by atoms with E-state index in [1.807, 2.05) is 12.1 Å². The van der Waals surface area contributed by atoms with Gasteiger partial charge in [-0.3, -0.25) is 18.3 Å². The summed E-state index contributed by atoms with van der Waals surface area (Å²) in [6, 6.07) is 14.6. The Labute approximate surface area is 181 Å². The van der Waals surface area contributed by atoms with E-state index < -0.39 is 22.5 Å². The third-order valence-corrected chi connectivity index (χ3v) is 7.04. The van der Waals surface area contributed by atoms with E-state index in [0.29, 0.717) is 21.7 Å². The molecule has 1 aliphatic rings. The minimum atomic E-state index is -3.87. The summed E-state index contributed by atoms with van der Waals surface area (Å²) in [5, 5.41) is 1.74. The number of carbonyl (C=O) groups is 1. The summed E-state index contributed by atoms with van der Waals surface area (Å²) in [5.41, 5.74) is 0.661. The van der Waals surface area contributed by atoms with Crippen molar-refractivity contribution >= 4 is 49.7 Å². The Morgan fingerprint density at radius 3 is 2.68 bits per heavy atom. The fraction of sp³-hybridized carbons (Fsp3) is 0.0952. The number of nitrogens with zero attached hydrogens (tertiary/aromatic N) is 3. The van der Waals surface area contributed by atoms with Gasteiger partial charge in [0, 0.05) is 17.6 Å². The zero-order valence-corrected chi connectivity index (χ0v) is 17.4. The van der Waals surface area contributed by atoms with Gasteiger partial charge in [0.1, 0.15) is 18.8 Å². The molecule has 0 atom stereocenters. The van der Waals surface area contributed by atoms with Crippen molar-refractivity contribution in [3.8, 4) is 0 Å². The predicted molar refractivity (Wildman–Crippen MR) is 115 cm³/mol. The zero-order chi connectivity index (χ0) is 21.8. The second-order valence-corrected chi connectivity index (χ2v) is 9.23. The monoisotopic (exact) mass is 455 g/mol. The molecule has 3 heterocycles. The Morgan fingerprint density at radius 2 is 1.87 bits per heavy atom. The predicted octanol–water partition coefficient (Wildman–Crippen LogP) is 2.75. The highest BCUT2D eigenvalue weighted by Gasteiger charge is 2.36. The number of benzene rings is 2. The number of anilines is 1. The van der Waals surface area contributed by atoms with Gasteiger partial charge in [-0.05, 0) is 29.7 Å². The van der Waals surface area contributed by atoms with Gasteiger partial charge in [0.25, 0.3) is 15.6 Å². The summed E-state index contributed by atoms with van der Waals surface area (Å²) in [4.78, 5) is 29.1. The molecule has 0 spiro atoms. The molecule has 2 aromatic carbocycles. The Morgan fingerprint density at radius 1 is 1.10 bits per heavy atom. The summed E-state index contributed by atoms with van der Waals surface area (Å²) in [6.45, 7) is -0.753. The Bertz CT molecular complexity index is 1540. The van der Waals surface area contributed by atoms with Crippen molar-refractivity contribution in [1.82, 2.24) is 9.38 Å². The molecule has 0 fully saturated rings. The van der Waals surface area contributed by atoms with Crippen LogP contribution in [0.2, 0.25) is 5.02 Å². The number of rotatable bonds is 4. The first-order valence-corrected chi connectivity index (χ1v) is 11.0. The molecule has 0 amide bonds. The second-order valence-electron chi connectivity index (χ2n) is 6.96. The lowest BCUT2D eigenvalue weighted by Gasteiger charge is -2.17. The SMILES string of the molecule is O=C(CN1c2cccc3cccc(c23)S1(=O)=O)OCc1cc(=O)n2cc(Cl)ccc2n1. The fourth-order valence-corrected chi connectivity index (χ4v) is 5.46. The topological polar surface area (TPSA) is 98.0 Å². The Balaban J connectivity index is 1.37. The van der Waals surface area contributed by atoms with E-state index in [1.165, 1.54) is 22.7 Å². The van der Waals surface area contributed by atoms with Crippen molar-refractivity contribution in [3.05, 3.63) is 81.9 Å². The number of hydrogen-bond acceptors (Lipinski definition) is 6. The van der Waals surface area contributed by atoms with E-state index in [4.69, 9.17) is 16.3 Å². The van der Waals surface area contributed by atoms with E-state index in [-0.39, 0.29) is 22.8 Å². The van der Waals surface area contributed by atoms with E-state index in [9.17, 15) is 18.0 Å². The molecule has 0 saturated heterocycles. The maximum atomic E-state index is 12.9. The molecule has 0 unspecified atom stereocenters. The van der Waals surface area contributed by atoms with Crippen molar-refractivity contribution in [2.45, 2.75) is 11.5 Å². The largest absolute Gasteiger partial charge is 0.458 e. The molecule has 0 radical (unpaired) electrons. The quantitative estimate of drug-likeness (QED) is 0.439. The van der Waals surface area contributed by atoms with Crippen LogP contribution in [0.5, 0.6) is 0 Å². The third-order valence-electron chi connectivity index (χ3n) is 5.01. The smallest absolute Gasteiger partial charge is 0.327 e. The number of fused-ring (bicyclic) bond motifs is 1. The highest BCUT2D eigenvalue weighted by atomic mass is 35.5. The van der Waals surface area contributed by atoms with Gasteiger partial charge in [0.15, 0.2) is 0 Å². The third kappa shape index (κ3) is 3.22. The van der Waals surface area contributed by atoms with Gasteiger partial charge in [0.05, 0.1) is 21.3 Å². The number of esters is 1. The highest BCUT2D eigenvalue weighted by molar-refractivity contribution is 7.93. The maximum absolute atomic E-state index is 12.9. The average molecular weight is 456 g/mol. The maximum Gasteiger partial charge on any atom is 0.327 e. The van der Waals surface area contributed by atoms with Crippen LogP contribution in [0.25, 0.3) is 16.4 Å². The van der Waals surface area contributed by atoms with Crippen LogP contribution in [0.1, 0.15) is 5.69 Å². The molecule has 2 aromatic heterocycles. The number of aromatic nitrogens is 2. The molecule has 5 rings (SSSR count). The molecule has 1 aliphatic heterocycles. The van der Waals surface area contributed by atoms with Gasteiger partial charge in [-0.25, -0.2) is 13.4 Å². The first-order valence-electron chi connectivity index (χ1n) is 9.22. The summed E-state index contributed by atoms with van der Waals surface area (Å²) in [6.07, 6.45) is 1.44. The molecule has 31 heavy (non-hydrogen) atoms. The lowest BCUT2D eigenvalue weighted by molar-refractivity contribution is -0.143. The van der Waals surface area contributed by atoms with Gasteiger partial charge in [-0.15, -0.1) is 0 Å². The number of pyridine rings is 1. The van der Waals surface area contributed by atoms with Gasteiger partial charge in [-0.2, -0.15) is 0 Å². The molecule has 8 nitrogen and oxygen atoms in total. The summed E-state index contributed by atoms with van der Waals surface area (Å²) < 4.78 is 33.4. The van der Waals surface area contributed by atoms with Crippen LogP contribution in [-0.4, -0.2) is 30.3 Å². The number of halogens is 1. The van der Waals surface area contributed by atoms with E-state index in [2.05, 4.69) is 4.98 Å². The summed E-state index contributed by atoms with van der Waals surface area (Å²) in [5.74, 6) is -0.758. The number of ether oxygens (including phenoxy) is 1. The fourth-order valence-electron chi connectivity index (χ4n) is 3.65. The lowest BCUT2D eigenvalue weighted by Crippen LogP contribution is -2.33. The highest BCUT2D eigenvalue weighted by Crippen LogP contribution is 2.41. The van der Waals surface area contributed by atoms with Crippen LogP contribution < -0.4 is 9.86 Å². The Kier molecular flexibility index (Phi) is 4.45. The van der Waals surface area contributed by atoms with E-state index in [1.54, 1.807) is 30.3 Å². The Hall–Kier alpha value is -3.43. The number of sulfonamides is 1. The van der Waals surface area contributed by atoms with Crippen LogP contribution in [0.15, 0.2) is 70.5 Å². The van der Waals surface area contributed by atoms with Crippen molar-refractivity contribution in [2.75, 3.05) is 10.8 Å². The van der Waals surface area contributed by atoms with Crippen LogP contribution in [-0.2, 0) is 26.2 Å². The van der Waals surface area contributed by atoms with Gasteiger partial charge in [0.2, 0.25) is 0 Å². The average Bonchev–Trinajstić information content (AvgIpc) is 2.96. The molecule has 4 aromatic rings. The van der Waals surface area contributed by atoms with Crippen molar-refractivity contribution < 1.29 is 17.9 Å². The lowest BCUT2D eigenvalue weighted by atomic mass is 10.1. The normalized spacial score (nSPS) is 14.3. The zero-order valence-electron chi connectivity index (χ0n) is 15.9. The minimum absolute atomic E-state index is 0.163. The summed E-state index contributed by atoms with van der Waals surface area (Å²) in [7, 11) is -3.87. The van der Waals surface area contributed by atoms with Crippen molar-refractivity contribution in [1.29, 1.82) is 0 Å². The molecule has 0 aliphatic carbocycles. The molecular weight excluding hydrogens is 442 g/mol. The second kappa shape index (κ2) is 7.07. The first-order chi connectivity index (χ1) is 14.8. The van der Waals surface area contributed by atoms with Crippen molar-refractivity contribution in [2.24, 2.45) is 0 Å². The van der Waals surface area contributed by atoms with Crippen LogP contribution in [0.3, 0.4) is 0 Å². The molecule has 0 N–H and O–H groups in total. The molecular formula is C21H14ClN3O5S. The van der Waals surface area contributed by atoms with Crippen LogP contribution in [0.4, 0.5) is 5.69 Å². The van der Waals surface area contributed by atoms with Gasteiger partial charge in [-0.1, -0.05) is 35.9 Å². The van der Waals surface area contributed by atoms with Gasteiger partial charge >= 0.3 is 5.97 Å². The van der Waals surface area contributed by atoms with Crippen LogP contribution in [0, 0.1) is 0 Å². The van der Waals surface area contributed by atoms with Gasteiger partial charge < -0.3 is 4.74 Å². The minimum Gasteiger partial charge on any atom is -0.458 e. The number of hydrogen-bond donors (Lipinski definition) is 0. The molecule has 156 valence electrons. The number of carbonyl (C=O) groups excluding carboxylic acids is 1. The molecule has 0 saturated carbocycles. The van der Waals surface area contributed by atoms with Crippen LogP contribution >= 0.6 is 11.6 Å². The van der Waals surface area contributed by atoms with Crippen molar-refractivity contribution in [3.63, 3.8) is 0 Å². The molecule has 10 heteroatoms.